The molecule has 0 heterocycles. The molecule has 0 aliphatic heterocycles. The Morgan fingerprint density at radius 1 is 1.18 bits per heavy atom. The van der Waals surface area contributed by atoms with Crippen LogP contribution in [0.2, 0.25) is 0 Å². The molecule has 0 radical (unpaired) electrons. The van der Waals surface area contributed by atoms with Gasteiger partial charge >= 0.3 is 0 Å². The van der Waals surface area contributed by atoms with Gasteiger partial charge in [0.1, 0.15) is 0 Å². The molecule has 0 amide bonds. The average Bonchev–Trinajstić information content (AvgIpc) is 2.78. The van der Waals surface area contributed by atoms with Gasteiger partial charge in [0.2, 0.25) is 0 Å². The number of hydrogen-bond acceptors (Lipinski definition) is 3. The van der Waals surface area contributed by atoms with Crippen molar-refractivity contribution in [3.63, 3.8) is 0 Å². The predicted octanol–water partition coefficient (Wildman–Crippen LogP) is 2.51. The molecule has 118 valence electrons. The molecule has 0 bridgehead atoms. The average molecular weight is 299 g/mol. The second-order valence-electron chi connectivity index (χ2n) is 7.70. The van der Waals surface area contributed by atoms with E-state index in [-0.39, 0.29) is 11.5 Å². The van der Waals surface area contributed by atoms with Gasteiger partial charge in [-0.1, -0.05) is 25.2 Å². The maximum Gasteiger partial charge on any atom is 0.0933 e. The van der Waals surface area contributed by atoms with Gasteiger partial charge in [-0.25, -0.2) is 0 Å². The van der Waals surface area contributed by atoms with Crippen molar-refractivity contribution < 1.29 is 10.2 Å². The molecule has 0 aromatic carbocycles. The van der Waals surface area contributed by atoms with E-state index in [0.29, 0.717) is 0 Å². The maximum absolute atomic E-state index is 10.1. The van der Waals surface area contributed by atoms with Crippen molar-refractivity contribution in [2.75, 3.05) is 0 Å². The predicted molar refractivity (Wildman–Crippen MR) is 87.1 cm³/mol. The molecule has 4 aliphatic rings. The van der Waals surface area contributed by atoms with Crippen LogP contribution in [0.3, 0.4) is 0 Å². The first-order valence-electron chi connectivity index (χ1n) is 8.35. The van der Waals surface area contributed by atoms with E-state index >= 15 is 0 Å². The molecule has 0 aromatic rings. The summed E-state index contributed by atoms with van der Waals surface area (Å²) in [6.45, 7) is 4.28. The van der Waals surface area contributed by atoms with Gasteiger partial charge in [0.05, 0.1) is 17.7 Å². The molecule has 3 nitrogen and oxygen atoms in total. The van der Waals surface area contributed by atoms with Gasteiger partial charge in [-0.15, -0.1) is 0 Å². The van der Waals surface area contributed by atoms with E-state index in [1.165, 1.54) is 22.3 Å². The minimum Gasteiger partial charge on any atom is -0.389 e. The quantitative estimate of drug-likeness (QED) is 0.602. The Morgan fingerprint density at radius 2 is 1.95 bits per heavy atom. The molecule has 0 saturated carbocycles. The van der Waals surface area contributed by atoms with Crippen LogP contribution in [0.5, 0.6) is 0 Å². The van der Waals surface area contributed by atoms with Gasteiger partial charge in [0, 0.05) is 0 Å². The SMILES string of the molecule is CC1=C2CCC3=C(CC[C@@]4(C)C[C@@H](O)C=C34)[C@]2(N)C=CC1O. The highest BCUT2D eigenvalue weighted by Crippen LogP contribution is 2.57. The van der Waals surface area contributed by atoms with Crippen LogP contribution in [0, 0.1) is 5.41 Å². The summed E-state index contributed by atoms with van der Waals surface area (Å²) in [5, 5.41) is 20.2. The molecule has 0 aromatic heterocycles. The fourth-order valence-electron chi connectivity index (χ4n) is 5.11. The molecule has 4 N–H and O–H groups in total. The molecule has 3 heteroatoms. The van der Waals surface area contributed by atoms with E-state index in [9.17, 15) is 10.2 Å². The summed E-state index contributed by atoms with van der Waals surface area (Å²) in [5.41, 5.74) is 12.7. The minimum absolute atomic E-state index is 0.114. The number of nitrogens with two attached hydrogens (primary N) is 1. The summed E-state index contributed by atoms with van der Waals surface area (Å²) in [5.74, 6) is 0. The molecule has 4 atom stereocenters. The van der Waals surface area contributed by atoms with Crippen LogP contribution < -0.4 is 5.73 Å². The van der Waals surface area contributed by atoms with E-state index in [1.807, 2.05) is 19.1 Å². The molecular formula is C19H25NO2. The Balaban J connectivity index is 1.88. The van der Waals surface area contributed by atoms with Gasteiger partial charge in [-0.2, -0.15) is 0 Å². The Labute approximate surface area is 131 Å². The highest BCUT2D eigenvalue weighted by Gasteiger charge is 2.48. The Morgan fingerprint density at radius 3 is 2.73 bits per heavy atom. The van der Waals surface area contributed by atoms with Gasteiger partial charge in [-0.3, -0.25) is 0 Å². The zero-order chi connectivity index (χ0) is 15.7. The van der Waals surface area contributed by atoms with Crippen LogP contribution in [-0.2, 0) is 0 Å². The Hall–Kier alpha value is -1.16. The summed E-state index contributed by atoms with van der Waals surface area (Å²) in [6, 6.07) is 0. The second-order valence-corrected chi connectivity index (χ2v) is 7.70. The van der Waals surface area contributed by atoms with Crippen LogP contribution in [0.1, 0.15) is 46.0 Å². The maximum atomic E-state index is 10.1. The first kappa shape index (κ1) is 14.4. The minimum atomic E-state index is -0.521. The smallest absolute Gasteiger partial charge is 0.0933 e. The van der Waals surface area contributed by atoms with E-state index in [2.05, 4.69) is 13.0 Å². The van der Waals surface area contributed by atoms with E-state index in [4.69, 9.17) is 5.73 Å². The van der Waals surface area contributed by atoms with Gasteiger partial charge in [0.25, 0.3) is 0 Å². The molecule has 22 heavy (non-hydrogen) atoms. The van der Waals surface area contributed by atoms with Crippen LogP contribution in [0.15, 0.2) is 46.1 Å². The zero-order valence-electron chi connectivity index (χ0n) is 13.4. The van der Waals surface area contributed by atoms with Crippen molar-refractivity contribution in [1.29, 1.82) is 0 Å². The highest BCUT2D eigenvalue weighted by molar-refractivity contribution is 5.59. The largest absolute Gasteiger partial charge is 0.389 e. The monoisotopic (exact) mass is 299 g/mol. The number of allylic oxidation sites excluding steroid dienone is 2. The molecule has 4 aliphatic carbocycles. The lowest BCUT2D eigenvalue weighted by molar-refractivity contribution is 0.176. The number of aliphatic hydroxyl groups is 2. The molecular weight excluding hydrogens is 274 g/mol. The summed E-state index contributed by atoms with van der Waals surface area (Å²) < 4.78 is 0. The lowest BCUT2D eigenvalue weighted by atomic mass is 9.59. The standard InChI is InChI=1S/C19H25NO2/c1-11-14-4-3-13-15(19(14,20)8-6-17(11)22)5-7-18(2)10-12(21)9-16(13)18/h6,8-9,12,17,21-22H,3-5,7,10,20H2,1-2H3/t12-,17?,18-,19-/m0/s1. The van der Waals surface area contributed by atoms with E-state index < -0.39 is 11.6 Å². The fraction of sp³-hybridized carbons (Fsp3) is 0.579. The van der Waals surface area contributed by atoms with E-state index in [1.54, 1.807) is 0 Å². The van der Waals surface area contributed by atoms with E-state index in [0.717, 1.165) is 37.7 Å². The Bertz CT molecular complexity index is 669. The lowest BCUT2D eigenvalue weighted by Gasteiger charge is -2.47. The van der Waals surface area contributed by atoms with Crippen molar-refractivity contribution in [3.05, 3.63) is 46.1 Å². The van der Waals surface area contributed by atoms with Gasteiger partial charge in [-0.05, 0) is 72.3 Å². The fourth-order valence-corrected chi connectivity index (χ4v) is 5.11. The second kappa shape index (κ2) is 4.44. The third-order valence-corrected chi connectivity index (χ3v) is 6.37. The van der Waals surface area contributed by atoms with Crippen molar-refractivity contribution in [2.45, 2.75) is 63.7 Å². The number of fused-ring (bicyclic) bond motifs is 4. The van der Waals surface area contributed by atoms with Crippen molar-refractivity contribution >= 4 is 0 Å². The molecule has 0 spiro atoms. The van der Waals surface area contributed by atoms with Crippen molar-refractivity contribution in [3.8, 4) is 0 Å². The van der Waals surface area contributed by atoms with Crippen molar-refractivity contribution in [1.82, 2.24) is 0 Å². The lowest BCUT2D eigenvalue weighted by Crippen LogP contribution is -2.49. The van der Waals surface area contributed by atoms with Crippen LogP contribution in [0.25, 0.3) is 0 Å². The topological polar surface area (TPSA) is 66.5 Å². The summed E-state index contributed by atoms with van der Waals surface area (Å²) >= 11 is 0. The molecule has 4 rings (SSSR count). The number of aliphatic hydroxyl groups excluding tert-OH is 2. The van der Waals surface area contributed by atoms with Crippen molar-refractivity contribution in [2.24, 2.45) is 11.1 Å². The third kappa shape index (κ3) is 1.73. The zero-order valence-corrected chi connectivity index (χ0v) is 13.4. The Kier molecular flexibility index (Phi) is 2.91. The molecule has 0 fully saturated rings. The summed E-state index contributed by atoms with van der Waals surface area (Å²) in [6.07, 6.45) is 9.86. The first-order chi connectivity index (χ1) is 10.3. The first-order valence-corrected chi connectivity index (χ1v) is 8.35. The van der Waals surface area contributed by atoms with Crippen LogP contribution in [-0.4, -0.2) is 28.0 Å². The highest BCUT2D eigenvalue weighted by atomic mass is 16.3. The van der Waals surface area contributed by atoms with Gasteiger partial charge < -0.3 is 15.9 Å². The van der Waals surface area contributed by atoms with Gasteiger partial charge in [0.15, 0.2) is 0 Å². The van der Waals surface area contributed by atoms with Crippen LogP contribution in [0.4, 0.5) is 0 Å². The molecule has 1 unspecified atom stereocenters. The summed E-state index contributed by atoms with van der Waals surface area (Å²) in [4.78, 5) is 0. The molecule has 0 saturated heterocycles. The number of rotatable bonds is 0. The summed E-state index contributed by atoms with van der Waals surface area (Å²) in [7, 11) is 0. The third-order valence-electron chi connectivity index (χ3n) is 6.37. The van der Waals surface area contributed by atoms with Crippen LogP contribution >= 0.6 is 0 Å². The number of hydrogen-bond donors (Lipinski definition) is 3. The normalized spacial score (nSPS) is 43.8.